The molecule has 8 nitrogen and oxygen atoms in total. The Kier molecular flexibility index (Phi) is 5.38. The predicted molar refractivity (Wildman–Crippen MR) is 124 cm³/mol. The summed E-state index contributed by atoms with van der Waals surface area (Å²) in [4.78, 5) is 24.4. The number of fused-ring (bicyclic) bond motifs is 1. The third-order valence-electron chi connectivity index (χ3n) is 5.96. The predicted octanol–water partition coefficient (Wildman–Crippen LogP) is 3.41. The van der Waals surface area contributed by atoms with Gasteiger partial charge in [-0.2, -0.15) is 5.10 Å². The SMILES string of the molecule is Cc1cc2c(-c3ccc(Cl)cc3F)nc(N3CCO[C@@H](c4cnn(C)c4)C3)nc2c(=O)n1C. The molecule has 0 N–H and O–H groups in total. The van der Waals surface area contributed by atoms with Gasteiger partial charge in [-0.15, -0.1) is 0 Å². The molecule has 1 aromatic carbocycles. The lowest BCUT2D eigenvalue weighted by molar-refractivity contribution is 0.0392. The molecule has 0 bridgehead atoms. The van der Waals surface area contributed by atoms with Crippen molar-refractivity contribution in [3.63, 3.8) is 0 Å². The Balaban J connectivity index is 1.67. The number of morpholine rings is 1. The van der Waals surface area contributed by atoms with E-state index in [9.17, 15) is 9.18 Å². The average molecular weight is 469 g/mol. The first kappa shape index (κ1) is 21.5. The van der Waals surface area contributed by atoms with Gasteiger partial charge in [-0.1, -0.05) is 11.6 Å². The third kappa shape index (κ3) is 3.87. The maximum absolute atomic E-state index is 14.9. The number of hydrogen-bond donors (Lipinski definition) is 0. The van der Waals surface area contributed by atoms with Crippen LogP contribution in [0, 0.1) is 12.7 Å². The second-order valence-electron chi connectivity index (χ2n) is 8.16. The second-order valence-corrected chi connectivity index (χ2v) is 8.60. The molecule has 1 saturated heterocycles. The van der Waals surface area contributed by atoms with Gasteiger partial charge in [0.25, 0.3) is 5.56 Å². The Morgan fingerprint density at radius 2 is 2.03 bits per heavy atom. The van der Waals surface area contributed by atoms with Gasteiger partial charge in [0.15, 0.2) is 0 Å². The first-order chi connectivity index (χ1) is 15.8. The summed E-state index contributed by atoms with van der Waals surface area (Å²) in [5.41, 5.74) is 2.26. The summed E-state index contributed by atoms with van der Waals surface area (Å²) in [5, 5.41) is 5.01. The number of benzene rings is 1. The van der Waals surface area contributed by atoms with Crippen molar-refractivity contribution in [2.45, 2.75) is 13.0 Å². The van der Waals surface area contributed by atoms with Crippen LogP contribution in [0.15, 0.2) is 41.5 Å². The highest BCUT2D eigenvalue weighted by Crippen LogP contribution is 2.32. The summed E-state index contributed by atoms with van der Waals surface area (Å²) in [6.07, 6.45) is 3.45. The number of nitrogens with zero attached hydrogens (tertiary/aromatic N) is 6. The van der Waals surface area contributed by atoms with E-state index in [1.165, 1.54) is 10.6 Å². The van der Waals surface area contributed by atoms with Crippen molar-refractivity contribution < 1.29 is 9.13 Å². The van der Waals surface area contributed by atoms with Gasteiger partial charge in [-0.25, -0.2) is 14.4 Å². The summed E-state index contributed by atoms with van der Waals surface area (Å²) >= 11 is 5.97. The van der Waals surface area contributed by atoms with Gasteiger partial charge in [0.1, 0.15) is 17.4 Å². The number of hydrogen-bond acceptors (Lipinski definition) is 6. The maximum atomic E-state index is 14.9. The molecule has 1 aliphatic rings. The number of rotatable bonds is 3. The Morgan fingerprint density at radius 1 is 1.21 bits per heavy atom. The molecule has 0 aliphatic carbocycles. The molecule has 1 aliphatic heterocycles. The van der Waals surface area contributed by atoms with Crippen LogP contribution in [0.1, 0.15) is 17.4 Å². The van der Waals surface area contributed by atoms with Crippen LogP contribution in [0.5, 0.6) is 0 Å². The molecule has 1 fully saturated rings. The van der Waals surface area contributed by atoms with Gasteiger partial charge >= 0.3 is 0 Å². The van der Waals surface area contributed by atoms with E-state index < -0.39 is 5.82 Å². The van der Waals surface area contributed by atoms with E-state index in [0.717, 1.165) is 11.3 Å². The molecule has 0 radical (unpaired) electrons. The average Bonchev–Trinajstić information content (AvgIpc) is 3.24. The van der Waals surface area contributed by atoms with Gasteiger partial charge in [0.2, 0.25) is 5.95 Å². The molecular formula is C23H22ClFN6O2. The minimum Gasteiger partial charge on any atom is -0.370 e. The molecular weight excluding hydrogens is 447 g/mol. The van der Waals surface area contributed by atoms with Crippen LogP contribution in [0.25, 0.3) is 22.2 Å². The number of aryl methyl sites for hydroxylation is 2. The summed E-state index contributed by atoms with van der Waals surface area (Å²) in [5.74, 6) is -0.160. The van der Waals surface area contributed by atoms with E-state index in [1.54, 1.807) is 30.1 Å². The van der Waals surface area contributed by atoms with Crippen LogP contribution in [0.4, 0.5) is 10.3 Å². The number of ether oxygens (including phenoxy) is 1. The van der Waals surface area contributed by atoms with Crippen LogP contribution in [-0.4, -0.2) is 44.0 Å². The van der Waals surface area contributed by atoms with E-state index in [0.29, 0.717) is 36.7 Å². The topological polar surface area (TPSA) is 78.1 Å². The van der Waals surface area contributed by atoms with E-state index in [-0.39, 0.29) is 27.8 Å². The van der Waals surface area contributed by atoms with Crippen molar-refractivity contribution in [2.24, 2.45) is 14.1 Å². The van der Waals surface area contributed by atoms with Crippen molar-refractivity contribution in [3.8, 4) is 11.3 Å². The highest BCUT2D eigenvalue weighted by Gasteiger charge is 2.27. The van der Waals surface area contributed by atoms with E-state index >= 15 is 0 Å². The molecule has 5 rings (SSSR count). The summed E-state index contributed by atoms with van der Waals surface area (Å²) in [7, 11) is 3.54. The van der Waals surface area contributed by atoms with Gasteiger partial charge in [-0.3, -0.25) is 9.48 Å². The first-order valence-electron chi connectivity index (χ1n) is 10.5. The molecule has 0 unspecified atom stereocenters. The zero-order valence-corrected chi connectivity index (χ0v) is 19.2. The zero-order valence-electron chi connectivity index (χ0n) is 18.4. The fraction of sp³-hybridized carbons (Fsp3) is 0.304. The smallest absolute Gasteiger partial charge is 0.277 e. The normalized spacial score (nSPS) is 16.5. The quantitative estimate of drug-likeness (QED) is 0.458. The largest absolute Gasteiger partial charge is 0.370 e. The lowest BCUT2D eigenvalue weighted by atomic mass is 10.1. The lowest BCUT2D eigenvalue weighted by Crippen LogP contribution is -2.39. The first-order valence-corrected chi connectivity index (χ1v) is 10.9. The zero-order chi connectivity index (χ0) is 23.3. The van der Waals surface area contributed by atoms with Gasteiger partial charge in [0.05, 0.1) is 25.0 Å². The van der Waals surface area contributed by atoms with Gasteiger partial charge in [0, 0.05) is 54.1 Å². The Hall–Kier alpha value is -3.30. The van der Waals surface area contributed by atoms with Gasteiger partial charge < -0.3 is 14.2 Å². The maximum Gasteiger partial charge on any atom is 0.277 e. The fourth-order valence-electron chi connectivity index (χ4n) is 4.05. The molecule has 33 heavy (non-hydrogen) atoms. The van der Waals surface area contributed by atoms with E-state index in [4.69, 9.17) is 21.3 Å². The van der Waals surface area contributed by atoms with Crippen LogP contribution < -0.4 is 10.5 Å². The van der Waals surface area contributed by atoms with Crippen LogP contribution in [0.3, 0.4) is 0 Å². The van der Waals surface area contributed by atoms with Crippen molar-refractivity contribution in [2.75, 3.05) is 24.6 Å². The highest BCUT2D eigenvalue weighted by atomic mass is 35.5. The van der Waals surface area contributed by atoms with Crippen molar-refractivity contribution in [3.05, 3.63) is 69.1 Å². The fourth-order valence-corrected chi connectivity index (χ4v) is 4.21. The Bertz CT molecular complexity index is 1430. The van der Waals surface area contributed by atoms with Crippen LogP contribution in [0.2, 0.25) is 5.02 Å². The lowest BCUT2D eigenvalue weighted by Gasteiger charge is -2.32. The number of halogens is 2. The molecule has 4 heterocycles. The molecule has 0 spiro atoms. The standard InChI is InChI=1S/C23H22ClFN6O2/c1-13-8-17-20(16-5-4-15(24)9-18(16)25)27-23(28-21(17)22(32)30(13)3)31-6-7-33-19(12-31)14-10-26-29(2)11-14/h4-5,8-11,19H,6-7,12H2,1-3H3/t19-/m1/s1. The van der Waals surface area contributed by atoms with Crippen molar-refractivity contribution in [1.82, 2.24) is 24.3 Å². The molecule has 10 heteroatoms. The summed E-state index contributed by atoms with van der Waals surface area (Å²) < 4.78 is 24.1. The molecule has 170 valence electrons. The van der Waals surface area contributed by atoms with Crippen molar-refractivity contribution >= 4 is 28.5 Å². The summed E-state index contributed by atoms with van der Waals surface area (Å²) in [6, 6.07) is 6.23. The Morgan fingerprint density at radius 3 is 2.76 bits per heavy atom. The molecule has 1 atom stereocenters. The number of anilines is 1. The number of pyridine rings is 1. The monoisotopic (exact) mass is 468 g/mol. The van der Waals surface area contributed by atoms with Gasteiger partial charge in [-0.05, 0) is 31.2 Å². The van der Waals surface area contributed by atoms with Crippen molar-refractivity contribution in [1.29, 1.82) is 0 Å². The van der Waals surface area contributed by atoms with Crippen LogP contribution >= 0.6 is 11.6 Å². The van der Waals surface area contributed by atoms with Crippen LogP contribution in [-0.2, 0) is 18.8 Å². The molecule has 0 amide bonds. The highest BCUT2D eigenvalue weighted by molar-refractivity contribution is 6.30. The minimum atomic E-state index is -0.512. The van der Waals surface area contributed by atoms with E-state index in [1.807, 2.05) is 31.1 Å². The molecule has 3 aromatic heterocycles. The Labute approximate surface area is 194 Å². The third-order valence-corrected chi connectivity index (χ3v) is 6.19. The molecule has 0 saturated carbocycles. The number of aromatic nitrogens is 5. The summed E-state index contributed by atoms with van der Waals surface area (Å²) in [6.45, 7) is 3.29. The molecule has 4 aromatic rings. The minimum absolute atomic E-state index is 0.219. The van der Waals surface area contributed by atoms with E-state index in [2.05, 4.69) is 10.1 Å². The second kappa shape index (κ2) is 8.24.